The molecule has 0 fully saturated rings. The fourth-order valence-electron chi connectivity index (χ4n) is 2.87. The molecule has 0 saturated carbocycles. The summed E-state index contributed by atoms with van der Waals surface area (Å²) in [6.07, 6.45) is 1.08. The van der Waals surface area contributed by atoms with E-state index in [1.807, 2.05) is 0 Å². The Morgan fingerprint density at radius 1 is 1.22 bits per heavy atom. The first kappa shape index (κ1) is 15.2. The Morgan fingerprint density at radius 3 is 2.33 bits per heavy atom. The van der Waals surface area contributed by atoms with E-state index in [-0.39, 0.29) is 5.41 Å². The highest BCUT2D eigenvalue weighted by Crippen LogP contribution is 2.31. The Kier molecular flexibility index (Phi) is 5.83. The van der Waals surface area contributed by atoms with Gasteiger partial charge in [-0.2, -0.15) is 0 Å². The monoisotopic (exact) mass is 249 g/mol. The second-order valence-corrected chi connectivity index (χ2v) is 5.61. The predicted molar refractivity (Wildman–Crippen MR) is 78.0 cm³/mol. The molecule has 0 saturated heterocycles. The highest BCUT2D eigenvalue weighted by Gasteiger charge is 2.33. The van der Waals surface area contributed by atoms with Gasteiger partial charge < -0.3 is 10.1 Å². The Morgan fingerprint density at radius 2 is 1.83 bits per heavy atom. The minimum absolute atomic E-state index is 0.114. The third-order valence-corrected chi connectivity index (χ3v) is 3.95. The fourth-order valence-corrected chi connectivity index (χ4v) is 2.87. The van der Waals surface area contributed by atoms with Crippen molar-refractivity contribution in [1.82, 2.24) is 5.32 Å². The summed E-state index contributed by atoms with van der Waals surface area (Å²) >= 11 is 0. The SMILES string of the molecule is CNC(C(C)CCOC)C(C)(C)c1ccccc1. The third-order valence-electron chi connectivity index (χ3n) is 3.95. The molecule has 0 spiro atoms. The largest absolute Gasteiger partial charge is 0.385 e. The van der Waals surface area contributed by atoms with E-state index in [4.69, 9.17) is 4.74 Å². The van der Waals surface area contributed by atoms with Gasteiger partial charge in [0.15, 0.2) is 0 Å². The fraction of sp³-hybridized carbons (Fsp3) is 0.625. The average molecular weight is 249 g/mol. The Balaban J connectivity index is 2.86. The van der Waals surface area contributed by atoms with Crippen LogP contribution in [-0.4, -0.2) is 26.8 Å². The second kappa shape index (κ2) is 6.91. The molecule has 2 unspecified atom stereocenters. The van der Waals surface area contributed by atoms with Gasteiger partial charge in [-0.05, 0) is 24.9 Å². The first-order valence-electron chi connectivity index (χ1n) is 6.75. The summed E-state index contributed by atoms with van der Waals surface area (Å²) in [4.78, 5) is 0. The molecule has 1 N–H and O–H groups in total. The number of likely N-dealkylation sites (N-methyl/N-ethyl adjacent to an activating group) is 1. The van der Waals surface area contributed by atoms with Crippen molar-refractivity contribution in [2.75, 3.05) is 20.8 Å². The van der Waals surface area contributed by atoms with Crippen LogP contribution in [0.3, 0.4) is 0 Å². The topological polar surface area (TPSA) is 21.3 Å². The number of ether oxygens (including phenoxy) is 1. The summed E-state index contributed by atoms with van der Waals surface area (Å²) in [5.74, 6) is 0.574. The van der Waals surface area contributed by atoms with Crippen LogP contribution in [0.2, 0.25) is 0 Å². The van der Waals surface area contributed by atoms with Crippen molar-refractivity contribution < 1.29 is 4.74 Å². The van der Waals surface area contributed by atoms with Gasteiger partial charge in [-0.3, -0.25) is 0 Å². The van der Waals surface area contributed by atoms with E-state index in [1.54, 1.807) is 7.11 Å². The molecule has 2 atom stereocenters. The molecule has 0 aliphatic heterocycles. The number of rotatable bonds is 7. The van der Waals surface area contributed by atoms with Gasteiger partial charge in [0.2, 0.25) is 0 Å². The molecule has 0 bridgehead atoms. The normalized spacial score (nSPS) is 15.4. The van der Waals surface area contributed by atoms with Crippen molar-refractivity contribution in [1.29, 1.82) is 0 Å². The van der Waals surface area contributed by atoms with E-state index in [0.717, 1.165) is 13.0 Å². The summed E-state index contributed by atoms with van der Waals surface area (Å²) in [6, 6.07) is 11.2. The molecule has 18 heavy (non-hydrogen) atoms. The molecule has 1 aromatic rings. The van der Waals surface area contributed by atoms with Crippen molar-refractivity contribution in [2.24, 2.45) is 5.92 Å². The molecule has 0 radical (unpaired) electrons. The number of hydrogen-bond acceptors (Lipinski definition) is 2. The van der Waals surface area contributed by atoms with E-state index in [0.29, 0.717) is 12.0 Å². The zero-order valence-electron chi connectivity index (χ0n) is 12.4. The molecule has 2 heteroatoms. The van der Waals surface area contributed by atoms with E-state index < -0.39 is 0 Å². The summed E-state index contributed by atoms with van der Waals surface area (Å²) in [7, 11) is 3.82. The maximum atomic E-state index is 5.20. The highest BCUT2D eigenvalue weighted by molar-refractivity contribution is 5.26. The van der Waals surface area contributed by atoms with Crippen LogP contribution in [0.25, 0.3) is 0 Å². The van der Waals surface area contributed by atoms with Gasteiger partial charge in [0.1, 0.15) is 0 Å². The van der Waals surface area contributed by atoms with Crippen molar-refractivity contribution in [3.63, 3.8) is 0 Å². The van der Waals surface area contributed by atoms with E-state index in [1.165, 1.54) is 5.56 Å². The first-order valence-corrected chi connectivity index (χ1v) is 6.75. The van der Waals surface area contributed by atoms with Crippen LogP contribution in [0.4, 0.5) is 0 Å². The molecule has 0 amide bonds. The summed E-state index contributed by atoms with van der Waals surface area (Å²) < 4.78 is 5.20. The summed E-state index contributed by atoms with van der Waals surface area (Å²) in [6.45, 7) is 7.74. The van der Waals surface area contributed by atoms with Crippen LogP contribution in [0, 0.1) is 5.92 Å². The number of hydrogen-bond donors (Lipinski definition) is 1. The third kappa shape index (κ3) is 3.56. The Labute approximate surface area is 112 Å². The minimum atomic E-state index is 0.114. The lowest BCUT2D eigenvalue weighted by molar-refractivity contribution is 0.157. The van der Waals surface area contributed by atoms with Crippen LogP contribution >= 0.6 is 0 Å². The van der Waals surface area contributed by atoms with Gasteiger partial charge in [-0.25, -0.2) is 0 Å². The quantitative estimate of drug-likeness (QED) is 0.801. The second-order valence-electron chi connectivity index (χ2n) is 5.61. The van der Waals surface area contributed by atoms with Gasteiger partial charge in [-0.15, -0.1) is 0 Å². The molecular formula is C16H27NO. The maximum absolute atomic E-state index is 5.20. The smallest absolute Gasteiger partial charge is 0.0465 e. The van der Waals surface area contributed by atoms with Gasteiger partial charge in [0.25, 0.3) is 0 Å². The molecule has 2 nitrogen and oxygen atoms in total. The number of benzene rings is 1. The molecule has 102 valence electrons. The number of methoxy groups -OCH3 is 1. The molecule has 1 rings (SSSR count). The van der Waals surface area contributed by atoms with Crippen molar-refractivity contribution in [3.05, 3.63) is 35.9 Å². The van der Waals surface area contributed by atoms with Gasteiger partial charge in [0.05, 0.1) is 0 Å². The van der Waals surface area contributed by atoms with E-state index >= 15 is 0 Å². The standard InChI is InChI=1S/C16H27NO/c1-13(11-12-18-5)15(17-4)16(2,3)14-9-7-6-8-10-14/h6-10,13,15,17H,11-12H2,1-5H3. The summed E-state index contributed by atoms with van der Waals surface area (Å²) in [5.41, 5.74) is 1.50. The van der Waals surface area contributed by atoms with Crippen LogP contribution in [0.1, 0.15) is 32.8 Å². The van der Waals surface area contributed by atoms with Gasteiger partial charge >= 0.3 is 0 Å². The van der Waals surface area contributed by atoms with E-state index in [2.05, 4.69) is 63.5 Å². The van der Waals surface area contributed by atoms with Crippen molar-refractivity contribution in [2.45, 2.75) is 38.6 Å². The lowest BCUT2D eigenvalue weighted by Gasteiger charge is -2.39. The van der Waals surface area contributed by atoms with Gasteiger partial charge in [-0.1, -0.05) is 51.1 Å². The van der Waals surface area contributed by atoms with Gasteiger partial charge in [0, 0.05) is 25.2 Å². The molecule has 0 aromatic heterocycles. The van der Waals surface area contributed by atoms with Crippen molar-refractivity contribution in [3.8, 4) is 0 Å². The lowest BCUT2D eigenvalue weighted by Crippen LogP contribution is -2.47. The lowest BCUT2D eigenvalue weighted by atomic mass is 9.72. The molecule has 0 aliphatic carbocycles. The van der Waals surface area contributed by atoms with E-state index in [9.17, 15) is 0 Å². The molecule has 0 heterocycles. The minimum Gasteiger partial charge on any atom is -0.385 e. The van der Waals surface area contributed by atoms with Crippen LogP contribution in [0.5, 0.6) is 0 Å². The van der Waals surface area contributed by atoms with Crippen LogP contribution in [0.15, 0.2) is 30.3 Å². The average Bonchev–Trinajstić information content (AvgIpc) is 2.38. The van der Waals surface area contributed by atoms with Crippen LogP contribution < -0.4 is 5.32 Å². The molecular weight excluding hydrogens is 222 g/mol. The Hall–Kier alpha value is -0.860. The zero-order chi connectivity index (χ0) is 13.6. The molecule has 0 aliphatic rings. The van der Waals surface area contributed by atoms with Crippen molar-refractivity contribution >= 4 is 0 Å². The summed E-state index contributed by atoms with van der Waals surface area (Å²) in [5, 5.41) is 3.49. The number of nitrogens with one attached hydrogen (secondary N) is 1. The highest BCUT2D eigenvalue weighted by atomic mass is 16.5. The zero-order valence-corrected chi connectivity index (χ0v) is 12.4. The maximum Gasteiger partial charge on any atom is 0.0465 e. The Bertz CT molecular complexity index is 334. The predicted octanol–water partition coefficient (Wildman–Crippen LogP) is 3.22. The van der Waals surface area contributed by atoms with Crippen LogP contribution in [-0.2, 0) is 10.2 Å². The molecule has 1 aromatic carbocycles. The first-order chi connectivity index (χ1) is 8.54.